The summed E-state index contributed by atoms with van der Waals surface area (Å²) >= 11 is 0. The smallest absolute Gasteiger partial charge is 0.337 e. The van der Waals surface area contributed by atoms with Crippen molar-refractivity contribution in [2.45, 2.75) is 44.2 Å². The van der Waals surface area contributed by atoms with Gasteiger partial charge in [0, 0.05) is 18.2 Å². The predicted octanol–water partition coefficient (Wildman–Crippen LogP) is 3.14. The van der Waals surface area contributed by atoms with Crippen molar-refractivity contribution >= 4 is 11.9 Å². The Morgan fingerprint density at radius 3 is 2.92 bits per heavy atom. The number of oxazole rings is 1. The van der Waals surface area contributed by atoms with Gasteiger partial charge in [-0.2, -0.15) is 0 Å². The number of benzene rings is 1. The minimum atomic E-state index is -0.427. The molecule has 2 aromatic rings. The predicted molar refractivity (Wildman–Crippen MR) is 89.2 cm³/mol. The Kier molecular flexibility index (Phi) is 4.03. The van der Waals surface area contributed by atoms with Gasteiger partial charge in [-0.05, 0) is 30.5 Å². The Hall–Kier alpha value is -2.63. The van der Waals surface area contributed by atoms with Gasteiger partial charge in [0.2, 0.25) is 0 Å². The molecule has 6 nitrogen and oxygen atoms in total. The zero-order chi connectivity index (χ0) is 17.4. The van der Waals surface area contributed by atoms with Gasteiger partial charge in [-0.15, -0.1) is 0 Å². The van der Waals surface area contributed by atoms with Crippen LogP contribution in [0.5, 0.6) is 0 Å². The van der Waals surface area contributed by atoms with E-state index < -0.39 is 5.97 Å². The van der Waals surface area contributed by atoms with Crippen molar-refractivity contribution in [1.29, 1.82) is 0 Å². The number of nitrogens with zero attached hydrogens (tertiary/aromatic N) is 2. The van der Waals surface area contributed by atoms with Crippen LogP contribution in [0.4, 0.5) is 0 Å². The molecule has 1 amide bonds. The van der Waals surface area contributed by atoms with Gasteiger partial charge >= 0.3 is 5.97 Å². The summed E-state index contributed by atoms with van der Waals surface area (Å²) in [6, 6.07) is 5.29. The van der Waals surface area contributed by atoms with E-state index in [2.05, 4.69) is 4.98 Å². The van der Waals surface area contributed by atoms with Crippen LogP contribution in [0.2, 0.25) is 0 Å². The van der Waals surface area contributed by atoms with Gasteiger partial charge in [-0.25, -0.2) is 9.78 Å². The molecule has 1 aliphatic heterocycles. The van der Waals surface area contributed by atoms with Crippen LogP contribution in [0, 0.1) is 0 Å². The van der Waals surface area contributed by atoms with Crippen molar-refractivity contribution in [3.05, 3.63) is 53.2 Å². The number of hydrogen-bond acceptors (Lipinski definition) is 5. The molecule has 2 atom stereocenters. The van der Waals surface area contributed by atoms with E-state index in [0.717, 1.165) is 31.2 Å². The van der Waals surface area contributed by atoms with E-state index >= 15 is 0 Å². The molecule has 0 saturated heterocycles. The van der Waals surface area contributed by atoms with Gasteiger partial charge in [-0.1, -0.05) is 18.9 Å². The maximum absolute atomic E-state index is 13.0. The Morgan fingerprint density at radius 1 is 1.32 bits per heavy atom. The number of amides is 1. The van der Waals surface area contributed by atoms with Crippen molar-refractivity contribution in [3.8, 4) is 0 Å². The van der Waals surface area contributed by atoms with Gasteiger partial charge in [0.1, 0.15) is 6.26 Å². The summed E-state index contributed by atoms with van der Waals surface area (Å²) in [6.07, 6.45) is 7.37. The molecule has 25 heavy (non-hydrogen) atoms. The van der Waals surface area contributed by atoms with Crippen LogP contribution < -0.4 is 0 Å². The molecular formula is C19H20N2O4. The number of aromatic nitrogens is 1. The number of rotatable bonds is 3. The summed E-state index contributed by atoms with van der Waals surface area (Å²) in [6.45, 7) is 0.567. The molecule has 130 valence electrons. The highest BCUT2D eigenvalue weighted by Crippen LogP contribution is 2.39. The lowest BCUT2D eigenvalue weighted by molar-refractivity contribution is 0.0600. The van der Waals surface area contributed by atoms with Crippen molar-refractivity contribution in [2.75, 3.05) is 7.11 Å². The first kappa shape index (κ1) is 15.9. The lowest BCUT2D eigenvalue weighted by atomic mass is 9.83. The van der Waals surface area contributed by atoms with Gasteiger partial charge in [0.05, 0.1) is 24.8 Å². The zero-order valence-electron chi connectivity index (χ0n) is 14.1. The summed E-state index contributed by atoms with van der Waals surface area (Å²) in [5.74, 6) is 0.388. The molecule has 6 heteroatoms. The average Bonchev–Trinajstić information content (AvgIpc) is 3.29. The molecule has 2 aliphatic rings. The SMILES string of the molecule is COC(=O)c1ccc2c(c1)C(=O)N(C1CCCCC1c1ncco1)C2. The third-order valence-corrected chi connectivity index (χ3v) is 5.26. The maximum Gasteiger partial charge on any atom is 0.337 e. The standard InChI is InChI=1S/C19H20N2O4/c1-24-19(23)12-6-7-13-11-21(18(22)15(13)10-12)16-5-3-2-4-14(16)17-20-8-9-25-17/h6-10,14,16H,2-5,11H2,1H3. The number of hydrogen-bond donors (Lipinski definition) is 0. The fraction of sp³-hybridized carbons (Fsp3) is 0.421. The fourth-order valence-electron chi connectivity index (χ4n) is 4.03. The minimum absolute atomic E-state index is 0.0239. The lowest BCUT2D eigenvalue weighted by Crippen LogP contribution is -2.41. The highest BCUT2D eigenvalue weighted by Gasteiger charge is 2.40. The monoisotopic (exact) mass is 340 g/mol. The lowest BCUT2D eigenvalue weighted by Gasteiger charge is -2.36. The van der Waals surface area contributed by atoms with Crippen molar-refractivity contribution in [1.82, 2.24) is 9.88 Å². The van der Waals surface area contributed by atoms with Crippen LogP contribution in [0.25, 0.3) is 0 Å². The minimum Gasteiger partial charge on any atom is -0.465 e. The van der Waals surface area contributed by atoms with Crippen LogP contribution in [0.3, 0.4) is 0 Å². The summed E-state index contributed by atoms with van der Waals surface area (Å²) in [5.41, 5.74) is 1.96. The molecule has 1 aromatic carbocycles. The molecular weight excluding hydrogens is 320 g/mol. The van der Waals surface area contributed by atoms with Gasteiger partial charge in [0.25, 0.3) is 5.91 Å². The van der Waals surface area contributed by atoms with Crippen LogP contribution in [0.1, 0.15) is 63.8 Å². The first-order valence-corrected chi connectivity index (χ1v) is 8.60. The summed E-state index contributed by atoms with van der Waals surface area (Å²) in [7, 11) is 1.34. The quantitative estimate of drug-likeness (QED) is 0.803. The van der Waals surface area contributed by atoms with Gasteiger partial charge in [-0.3, -0.25) is 4.79 Å². The molecule has 0 radical (unpaired) electrons. The number of carbonyl (C=O) groups is 2. The highest BCUT2D eigenvalue weighted by molar-refractivity contribution is 6.01. The van der Waals surface area contributed by atoms with Crippen molar-refractivity contribution < 1.29 is 18.7 Å². The summed E-state index contributed by atoms with van der Waals surface area (Å²) in [4.78, 5) is 31.0. The number of fused-ring (bicyclic) bond motifs is 1. The van der Waals surface area contributed by atoms with Crippen LogP contribution in [-0.2, 0) is 11.3 Å². The van der Waals surface area contributed by atoms with Crippen LogP contribution in [0.15, 0.2) is 35.1 Å². The van der Waals surface area contributed by atoms with Crippen LogP contribution >= 0.6 is 0 Å². The summed E-state index contributed by atoms with van der Waals surface area (Å²) in [5, 5.41) is 0. The first-order valence-electron chi connectivity index (χ1n) is 8.60. The van der Waals surface area contributed by atoms with Gasteiger partial charge < -0.3 is 14.1 Å². The third kappa shape index (κ3) is 2.71. The summed E-state index contributed by atoms with van der Waals surface area (Å²) < 4.78 is 10.3. The fourth-order valence-corrected chi connectivity index (χ4v) is 4.03. The number of carbonyl (C=O) groups excluding carboxylic acids is 2. The second kappa shape index (κ2) is 6.35. The number of methoxy groups -OCH3 is 1. The highest BCUT2D eigenvalue weighted by atomic mass is 16.5. The molecule has 4 rings (SSSR count). The average molecular weight is 340 g/mol. The molecule has 1 fully saturated rings. The third-order valence-electron chi connectivity index (χ3n) is 5.26. The Bertz CT molecular complexity index is 800. The molecule has 1 aliphatic carbocycles. The van der Waals surface area contributed by atoms with E-state index in [0.29, 0.717) is 23.6 Å². The normalized spacial score (nSPS) is 22.8. The van der Waals surface area contributed by atoms with E-state index in [-0.39, 0.29) is 17.9 Å². The maximum atomic E-state index is 13.0. The Morgan fingerprint density at radius 2 is 2.16 bits per heavy atom. The molecule has 1 aromatic heterocycles. The largest absolute Gasteiger partial charge is 0.465 e. The number of esters is 1. The van der Waals surface area contributed by atoms with Crippen LogP contribution in [-0.4, -0.2) is 34.9 Å². The molecule has 0 spiro atoms. The van der Waals surface area contributed by atoms with E-state index in [1.165, 1.54) is 7.11 Å². The molecule has 0 bridgehead atoms. The second-order valence-corrected chi connectivity index (χ2v) is 6.63. The Balaban J connectivity index is 1.63. The Labute approximate surface area is 145 Å². The van der Waals surface area contributed by atoms with E-state index in [4.69, 9.17) is 9.15 Å². The molecule has 2 heterocycles. The zero-order valence-corrected chi connectivity index (χ0v) is 14.1. The van der Waals surface area contributed by atoms with Crippen molar-refractivity contribution in [2.24, 2.45) is 0 Å². The topological polar surface area (TPSA) is 72.6 Å². The molecule has 1 saturated carbocycles. The second-order valence-electron chi connectivity index (χ2n) is 6.63. The molecule has 0 N–H and O–H groups in total. The molecule has 2 unspecified atom stereocenters. The van der Waals surface area contributed by atoms with Gasteiger partial charge in [0.15, 0.2) is 5.89 Å². The van der Waals surface area contributed by atoms with E-state index in [1.54, 1.807) is 24.6 Å². The number of ether oxygens (including phenoxy) is 1. The van der Waals surface area contributed by atoms with E-state index in [9.17, 15) is 9.59 Å². The van der Waals surface area contributed by atoms with Crippen molar-refractivity contribution in [3.63, 3.8) is 0 Å². The first-order chi connectivity index (χ1) is 12.2. The van der Waals surface area contributed by atoms with E-state index in [1.807, 2.05) is 11.0 Å².